The van der Waals surface area contributed by atoms with E-state index >= 15 is 0 Å². The fraction of sp³-hybridized carbons (Fsp3) is 0.529. The highest BCUT2D eigenvalue weighted by Crippen LogP contribution is 2.30. The standard InChI is InChI=1S/C17H21F2N3O3/c1-10-7-21(8-11(2)25-10)9-22-15(23)17(3,20-16(22)24)12-4-5-13(18)14(19)6-12/h4-6,10-11H,7-9H2,1-3H3,(H,20,24)/t10-,11-,17+/m1/s1. The maximum Gasteiger partial charge on any atom is 0.326 e. The van der Waals surface area contributed by atoms with Gasteiger partial charge in [0.05, 0.1) is 18.9 Å². The summed E-state index contributed by atoms with van der Waals surface area (Å²) in [5.41, 5.74) is -1.22. The largest absolute Gasteiger partial charge is 0.373 e. The number of morpholine rings is 1. The molecule has 0 bridgehead atoms. The second kappa shape index (κ2) is 6.34. The van der Waals surface area contributed by atoms with Crippen molar-refractivity contribution in [1.29, 1.82) is 0 Å². The van der Waals surface area contributed by atoms with Gasteiger partial charge in [-0.15, -0.1) is 0 Å². The van der Waals surface area contributed by atoms with Gasteiger partial charge in [-0.25, -0.2) is 18.5 Å². The molecule has 0 aromatic heterocycles. The van der Waals surface area contributed by atoms with Gasteiger partial charge < -0.3 is 10.1 Å². The molecular formula is C17H21F2N3O3. The second-order valence-corrected chi connectivity index (χ2v) is 6.85. The smallest absolute Gasteiger partial charge is 0.326 e. The van der Waals surface area contributed by atoms with E-state index < -0.39 is 29.1 Å². The van der Waals surface area contributed by atoms with Crippen LogP contribution in [0.3, 0.4) is 0 Å². The molecule has 2 saturated heterocycles. The molecule has 1 aromatic carbocycles. The first kappa shape index (κ1) is 17.8. The zero-order chi connectivity index (χ0) is 18.4. The number of halogens is 2. The number of imide groups is 1. The van der Waals surface area contributed by atoms with Gasteiger partial charge in [-0.05, 0) is 38.5 Å². The molecule has 6 nitrogen and oxygen atoms in total. The van der Waals surface area contributed by atoms with E-state index in [1.807, 2.05) is 18.7 Å². The molecule has 25 heavy (non-hydrogen) atoms. The summed E-state index contributed by atoms with van der Waals surface area (Å²) >= 11 is 0. The molecule has 2 aliphatic rings. The summed E-state index contributed by atoms with van der Waals surface area (Å²) in [7, 11) is 0. The molecule has 2 aliphatic heterocycles. The van der Waals surface area contributed by atoms with E-state index in [0.29, 0.717) is 13.1 Å². The van der Waals surface area contributed by atoms with Gasteiger partial charge in [-0.3, -0.25) is 9.69 Å². The Morgan fingerprint density at radius 2 is 1.84 bits per heavy atom. The molecule has 0 radical (unpaired) electrons. The van der Waals surface area contributed by atoms with Crippen molar-refractivity contribution < 1.29 is 23.1 Å². The third-order valence-electron chi connectivity index (χ3n) is 4.61. The molecule has 136 valence electrons. The first-order valence-electron chi connectivity index (χ1n) is 8.18. The minimum Gasteiger partial charge on any atom is -0.373 e. The molecule has 0 saturated carbocycles. The number of carbonyl (C=O) groups excluding carboxylic acids is 2. The van der Waals surface area contributed by atoms with Crippen molar-refractivity contribution in [2.24, 2.45) is 0 Å². The normalized spacial score (nSPS) is 30.7. The van der Waals surface area contributed by atoms with Crippen LogP contribution in [0.1, 0.15) is 26.3 Å². The predicted molar refractivity (Wildman–Crippen MR) is 85.5 cm³/mol. The van der Waals surface area contributed by atoms with Crippen LogP contribution >= 0.6 is 0 Å². The van der Waals surface area contributed by atoms with Crippen LogP contribution in [0.25, 0.3) is 0 Å². The topological polar surface area (TPSA) is 61.9 Å². The fourth-order valence-corrected chi connectivity index (χ4v) is 3.43. The third kappa shape index (κ3) is 3.23. The van der Waals surface area contributed by atoms with E-state index in [2.05, 4.69) is 5.32 Å². The minimum absolute atomic E-state index is 0.00194. The molecule has 2 fully saturated rings. The first-order chi connectivity index (χ1) is 11.7. The Labute approximate surface area is 144 Å². The zero-order valence-electron chi connectivity index (χ0n) is 14.4. The molecular weight excluding hydrogens is 332 g/mol. The Morgan fingerprint density at radius 1 is 1.20 bits per heavy atom. The summed E-state index contributed by atoms with van der Waals surface area (Å²) in [6.45, 7) is 6.68. The average Bonchev–Trinajstić information content (AvgIpc) is 2.73. The fourth-order valence-electron chi connectivity index (χ4n) is 3.43. The van der Waals surface area contributed by atoms with E-state index in [1.54, 1.807) is 0 Å². The molecule has 3 rings (SSSR count). The number of nitrogens with one attached hydrogen (secondary N) is 1. The van der Waals surface area contributed by atoms with Crippen LogP contribution in [0.15, 0.2) is 18.2 Å². The summed E-state index contributed by atoms with van der Waals surface area (Å²) < 4.78 is 32.4. The molecule has 1 aromatic rings. The van der Waals surface area contributed by atoms with E-state index in [4.69, 9.17) is 4.74 Å². The van der Waals surface area contributed by atoms with Gasteiger partial charge in [0.2, 0.25) is 0 Å². The summed E-state index contributed by atoms with van der Waals surface area (Å²) in [6.07, 6.45) is 0.00388. The van der Waals surface area contributed by atoms with Gasteiger partial charge in [-0.2, -0.15) is 0 Å². The van der Waals surface area contributed by atoms with Gasteiger partial charge in [-0.1, -0.05) is 6.07 Å². The van der Waals surface area contributed by atoms with Crippen molar-refractivity contribution in [3.8, 4) is 0 Å². The van der Waals surface area contributed by atoms with Crippen LogP contribution in [-0.4, -0.2) is 53.7 Å². The molecule has 8 heteroatoms. The van der Waals surface area contributed by atoms with Crippen LogP contribution in [0.5, 0.6) is 0 Å². The predicted octanol–water partition coefficient (Wildman–Crippen LogP) is 1.80. The number of hydrogen-bond donors (Lipinski definition) is 1. The van der Waals surface area contributed by atoms with Crippen molar-refractivity contribution in [2.75, 3.05) is 19.8 Å². The number of benzene rings is 1. The lowest BCUT2D eigenvalue weighted by molar-refractivity contribution is -0.135. The maximum absolute atomic E-state index is 13.5. The highest BCUT2D eigenvalue weighted by molar-refractivity contribution is 6.07. The van der Waals surface area contributed by atoms with Crippen molar-refractivity contribution in [2.45, 2.75) is 38.5 Å². The van der Waals surface area contributed by atoms with E-state index in [9.17, 15) is 18.4 Å². The van der Waals surface area contributed by atoms with Crippen LogP contribution < -0.4 is 5.32 Å². The molecule has 0 unspecified atom stereocenters. The van der Waals surface area contributed by atoms with Gasteiger partial charge in [0.1, 0.15) is 5.54 Å². The lowest BCUT2D eigenvalue weighted by atomic mass is 9.92. The second-order valence-electron chi connectivity index (χ2n) is 6.85. The number of urea groups is 1. The quantitative estimate of drug-likeness (QED) is 0.842. The Kier molecular flexibility index (Phi) is 4.51. The monoisotopic (exact) mass is 353 g/mol. The molecule has 2 heterocycles. The van der Waals surface area contributed by atoms with Crippen LogP contribution in [0, 0.1) is 11.6 Å². The van der Waals surface area contributed by atoms with Gasteiger partial charge in [0, 0.05) is 13.1 Å². The number of nitrogens with zero attached hydrogens (tertiary/aromatic N) is 2. The van der Waals surface area contributed by atoms with E-state index in [1.165, 1.54) is 13.0 Å². The summed E-state index contributed by atoms with van der Waals surface area (Å²) in [5, 5.41) is 2.60. The number of amides is 3. The van der Waals surface area contributed by atoms with Crippen LogP contribution in [-0.2, 0) is 15.1 Å². The number of hydrogen-bond acceptors (Lipinski definition) is 4. The Balaban J connectivity index is 1.80. The molecule has 0 aliphatic carbocycles. The Hall–Kier alpha value is -2.06. The number of rotatable bonds is 3. The SMILES string of the molecule is C[C@@H]1CN(CN2C(=O)N[C@@](C)(c3ccc(F)c(F)c3)C2=O)C[C@@H](C)O1. The van der Waals surface area contributed by atoms with Crippen molar-refractivity contribution in [3.05, 3.63) is 35.4 Å². The highest BCUT2D eigenvalue weighted by Gasteiger charge is 2.49. The van der Waals surface area contributed by atoms with Crippen LogP contribution in [0.4, 0.5) is 13.6 Å². The molecule has 1 N–H and O–H groups in total. The lowest BCUT2D eigenvalue weighted by Gasteiger charge is -2.36. The van der Waals surface area contributed by atoms with Crippen molar-refractivity contribution >= 4 is 11.9 Å². The van der Waals surface area contributed by atoms with E-state index in [0.717, 1.165) is 17.0 Å². The lowest BCUT2D eigenvalue weighted by Crippen LogP contribution is -2.51. The summed E-state index contributed by atoms with van der Waals surface area (Å²) in [5.74, 6) is -2.55. The maximum atomic E-state index is 13.5. The summed E-state index contributed by atoms with van der Waals surface area (Å²) in [4.78, 5) is 28.2. The van der Waals surface area contributed by atoms with Gasteiger partial charge in [0.25, 0.3) is 5.91 Å². The zero-order valence-corrected chi connectivity index (χ0v) is 14.4. The van der Waals surface area contributed by atoms with Crippen molar-refractivity contribution in [3.63, 3.8) is 0 Å². The molecule has 3 atom stereocenters. The minimum atomic E-state index is -1.42. The van der Waals surface area contributed by atoms with E-state index in [-0.39, 0.29) is 24.4 Å². The molecule has 3 amide bonds. The van der Waals surface area contributed by atoms with Crippen molar-refractivity contribution in [1.82, 2.24) is 15.1 Å². The summed E-state index contributed by atoms with van der Waals surface area (Å²) in [6, 6.07) is 2.64. The first-order valence-corrected chi connectivity index (χ1v) is 8.18. The van der Waals surface area contributed by atoms with Gasteiger partial charge in [0.15, 0.2) is 11.6 Å². The van der Waals surface area contributed by atoms with Gasteiger partial charge >= 0.3 is 6.03 Å². The number of carbonyl (C=O) groups is 2. The number of ether oxygens (including phenoxy) is 1. The Bertz CT molecular complexity index is 704. The molecule has 0 spiro atoms. The third-order valence-corrected chi connectivity index (χ3v) is 4.61. The highest BCUT2D eigenvalue weighted by atomic mass is 19.2. The Morgan fingerprint density at radius 3 is 2.44 bits per heavy atom. The average molecular weight is 353 g/mol. The van der Waals surface area contributed by atoms with Crippen LogP contribution in [0.2, 0.25) is 0 Å².